The van der Waals surface area contributed by atoms with Crippen LogP contribution in [0.1, 0.15) is 175 Å². The van der Waals surface area contributed by atoms with E-state index in [0.29, 0.717) is 18.1 Å². The second kappa shape index (κ2) is 13.9. The number of unbranched alkanes of at least 4 members (excludes halogenated alkanes) is 5. The Bertz CT molecular complexity index is 1120. The molecule has 2 aromatic rings. The quantitative estimate of drug-likeness (QED) is 0.197. The highest BCUT2D eigenvalue weighted by Crippen LogP contribution is 2.48. The van der Waals surface area contributed by atoms with Crippen LogP contribution in [0.4, 0.5) is 0 Å². The maximum atomic E-state index is 13.7. The molecule has 0 aliphatic heterocycles. The van der Waals surface area contributed by atoms with E-state index in [1.54, 1.807) is 0 Å². The standard InChI is InChI=1S/C40H64O4/c1-15-16-17-18-19-20-21-44-33(41)26-40(14,27-22-29(36(2,3)4)34(42)30(23-27)37(5,6)7)28-24-31(38(8,9)10)35(43)32(25-28)39(11,12)13/h22-25,42-43H,15-21,26H2,1-14H3. The minimum atomic E-state index is -0.778. The lowest BCUT2D eigenvalue weighted by Crippen LogP contribution is -2.31. The zero-order chi connectivity index (χ0) is 33.9. The van der Waals surface area contributed by atoms with E-state index < -0.39 is 5.41 Å². The number of esters is 1. The van der Waals surface area contributed by atoms with Crippen LogP contribution in [-0.4, -0.2) is 22.8 Å². The van der Waals surface area contributed by atoms with Crippen LogP contribution in [-0.2, 0) is 36.6 Å². The normalized spacial score (nSPS) is 13.3. The van der Waals surface area contributed by atoms with Gasteiger partial charge in [0.1, 0.15) is 11.5 Å². The average molecular weight is 609 g/mol. The third-order valence-corrected chi connectivity index (χ3v) is 8.98. The molecule has 0 unspecified atom stereocenters. The van der Waals surface area contributed by atoms with E-state index in [1.165, 1.54) is 25.7 Å². The Morgan fingerprint density at radius 3 is 1.20 bits per heavy atom. The molecule has 2 rings (SSSR count). The van der Waals surface area contributed by atoms with Gasteiger partial charge in [-0.2, -0.15) is 0 Å². The second-order valence-electron chi connectivity index (χ2n) is 17.3. The third kappa shape index (κ3) is 9.27. The first kappa shape index (κ1) is 37.7. The van der Waals surface area contributed by atoms with E-state index in [1.807, 2.05) is 0 Å². The van der Waals surface area contributed by atoms with Crippen LogP contribution >= 0.6 is 0 Å². The molecule has 4 heteroatoms. The Kier molecular flexibility index (Phi) is 11.9. The molecule has 44 heavy (non-hydrogen) atoms. The van der Waals surface area contributed by atoms with Crippen molar-refractivity contribution in [2.24, 2.45) is 0 Å². The van der Waals surface area contributed by atoms with Crippen molar-refractivity contribution in [1.29, 1.82) is 0 Å². The minimum absolute atomic E-state index is 0.152. The lowest BCUT2D eigenvalue weighted by atomic mass is 9.67. The van der Waals surface area contributed by atoms with Gasteiger partial charge in [-0.15, -0.1) is 0 Å². The molecule has 0 amide bonds. The molecule has 2 N–H and O–H groups in total. The van der Waals surface area contributed by atoms with Crippen LogP contribution in [0.2, 0.25) is 0 Å². The lowest BCUT2D eigenvalue weighted by Gasteiger charge is -2.37. The van der Waals surface area contributed by atoms with Gasteiger partial charge in [-0.1, -0.05) is 153 Å². The van der Waals surface area contributed by atoms with E-state index in [9.17, 15) is 15.0 Å². The predicted molar refractivity (Wildman–Crippen MR) is 186 cm³/mol. The monoisotopic (exact) mass is 608 g/mol. The van der Waals surface area contributed by atoms with E-state index >= 15 is 0 Å². The van der Waals surface area contributed by atoms with Crippen molar-refractivity contribution < 1.29 is 19.7 Å². The Labute approximate surface area is 270 Å². The molecule has 0 heterocycles. The number of hydrogen-bond acceptors (Lipinski definition) is 4. The van der Waals surface area contributed by atoms with Gasteiger partial charge < -0.3 is 14.9 Å². The fraction of sp³-hybridized carbons (Fsp3) is 0.675. The van der Waals surface area contributed by atoms with Gasteiger partial charge in [-0.25, -0.2) is 0 Å². The summed E-state index contributed by atoms with van der Waals surface area (Å²) in [6.07, 6.45) is 6.94. The molecule has 0 saturated heterocycles. The van der Waals surface area contributed by atoms with Crippen molar-refractivity contribution in [3.63, 3.8) is 0 Å². The summed E-state index contributed by atoms with van der Waals surface area (Å²) < 4.78 is 5.89. The van der Waals surface area contributed by atoms with Crippen molar-refractivity contribution in [1.82, 2.24) is 0 Å². The van der Waals surface area contributed by atoms with Crippen molar-refractivity contribution in [3.8, 4) is 11.5 Å². The summed E-state index contributed by atoms with van der Waals surface area (Å²) in [5.74, 6) is 0.405. The van der Waals surface area contributed by atoms with Gasteiger partial charge >= 0.3 is 5.97 Å². The van der Waals surface area contributed by atoms with E-state index in [-0.39, 0.29) is 34.1 Å². The van der Waals surface area contributed by atoms with Gasteiger partial charge in [0.2, 0.25) is 0 Å². The molecule has 0 aromatic heterocycles. The van der Waals surface area contributed by atoms with Crippen molar-refractivity contribution in [2.45, 2.75) is 169 Å². The van der Waals surface area contributed by atoms with Crippen LogP contribution in [0.15, 0.2) is 24.3 Å². The summed E-state index contributed by atoms with van der Waals surface area (Å²) in [5.41, 5.74) is 3.31. The van der Waals surface area contributed by atoms with Gasteiger partial charge in [0.15, 0.2) is 0 Å². The number of carbonyl (C=O) groups is 1. The van der Waals surface area contributed by atoms with E-state index in [2.05, 4.69) is 121 Å². The zero-order valence-corrected chi connectivity index (χ0v) is 30.7. The van der Waals surface area contributed by atoms with Crippen molar-refractivity contribution >= 4 is 5.97 Å². The van der Waals surface area contributed by atoms with E-state index in [0.717, 1.165) is 46.2 Å². The summed E-state index contributed by atoms with van der Waals surface area (Å²) in [5, 5.41) is 23.1. The molecule has 0 atom stereocenters. The molecule has 0 bridgehead atoms. The zero-order valence-electron chi connectivity index (χ0n) is 30.7. The van der Waals surface area contributed by atoms with Crippen LogP contribution in [0.25, 0.3) is 0 Å². The Hall–Kier alpha value is -2.49. The number of hydrogen-bond donors (Lipinski definition) is 2. The number of phenols is 2. The number of aromatic hydroxyl groups is 2. The number of ether oxygens (including phenoxy) is 1. The highest BCUT2D eigenvalue weighted by Gasteiger charge is 2.39. The molecule has 0 saturated carbocycles. The van der Waals surface area contributed by atoms with Gasteiger partial charge in [-0.3, -0.25) is 4.79 Å². The molecule has 0 radical (unpaired) electrons. The summed E-state index contributed by atoms with van der Waals surface area (Å²) in [6.45, 7) is 30.1. The smallest absolute Gasteiger partial charge is 0.307 e. The summed E-state index contributed by atoms with van der Waals surface area (Å²) in [6, 6.07) is 8.36. The van der Waals surface area contributed by atoms with Crippen LogP contribution in [0.5, 0.6) is 11.5 Å². The fourth-order valence-corrected chi connectivity index (χ4v) is 5.97. The van der Waals surface area contributed by atoms with Gasteiger partial charge in [0.05, 0.1) is 13.0 Å². The number of rotatable bonds is 11. The molecular formula is C40H64O4. The molecule has 248 valence electrons. The van der Waals surface area contributed by atoms with Crippen LogP contribution in [0.3, 0.4) is 0 Å². The molecule has 0 fully saturated rings. The first-order valence-corrected chi connectivity index (χ1v) is 16.9. The molecule has 0 spiro atoms. The van der Waals surface area contributed by atoms with Gasteiger partial charge in [0.25, 0.3) is 0 Å². The SMILES string of the molecule is CCCCCCCCOC(=O)CC(C)(c1cc(C(C)(C)C)c(O)c(C(C)(C)C)c1)c1cc(C(C)(C)C)c(O)c(C(C)(C)C)c1. The summed E-state index contributed by atoms with van der Waals surface area (Å²) in [7, 11) is 0. The molecule has 0 aliphatic carbocycles. The van der Waals surface area contributed by atoms with E-state index in [4.69, 9.17) is 4.74 Å². The van der Waals surface area contributed by atoms with Crippen LogP contribution in [0, 0.1) is 0 Å². The first-order chi connectivity index (χ1) is 19.9. The van der Waals surface area contributed by atoms with Crippen molar-refractivity contribution in [2.75, 3.05) is 6.61 Å². The maximum Gasteiger partial charge on any atom is 0.307 e. The Balaban J connectivity index is 2.82. The number of carbonyl (C=O) groups excluding carboxylic acids is 1. The average Bonchev–Trinajstić information content (AvgIpc) is 2.85. The fourth-order valence-electron chi connectivity index (χ4n) is 5.97. The molecule has 0 aliphatic rings. The number of benzene rings is 2. The van der Waals surface area contributed by atoms with Gasteiger partial charge in [0, 0.05) is 5.41 Å². The number of phenolic OH excluding ortho intramolecular Hbond substituents is 2. The maximum absolute atomic E-state index is 13.7. The lowest BCUT2D eigenvalue weighted by molar-refractivity contribution is -0.144. The largest absolute Gasteiger partial charge is 0.507 e. The first-order valence-electron chi connectivity index (χ1n) is 16.9. The second-order valence-corrected chi connectivity index (χ2v) is 17.3. The minimum Gasteiger partial charge on any atom is -0.507 e. The summed E-state index contributed by atoms with van der Waals surface area (Å²) in [4.78, 5) is 13.7. The topological polar surface area (TPSA) is 66.8 Å². The highest BCUT2D eigenvalue weighted by atomic mass is 16.5. The van der Waals surface area contributed by atoms with Crippen molar-refractivity contribution in [3.05, 3.63) is 57.6 Å². The molecular weight excluding hydrogens is 544 g/mol. The summed E-state index contributed by atoms with van der Waals surface area (Å²) >= 11 is 0. The molecule has 2 aromatic carbocycles. The third-order valence-electron chi connectivity index (χ3n) is 8.98. The highest BCUT2D eigenvalue weighted by molar-refractivity contribution is 5.73. The Morgan fingerprint density at radius 1 is 0.568 bits per heavy atom. The van der Waals surface area contributed by atoms with Crippen LogP contribution < -0.4 is 0 Å². The Morgan fingerprint density at radius 2 is 0.886 bits per heavy atom. The molecule has 4 nitrogen and oxygen atoms in total. The predicted octanol–water partition coefficient (Wildman–Crippen LogP) is 10.9. The van der Waals surface area contributed by atoms with Gasteiger partial charge in [-0.05, 0) is 61.5 Å².